The maximum absolute atomic E-state index is 6.23. The highest BCUT2D eigenvalue weighted by Crippen LogP contribution is 2.27. The number of benzene rings is 1. The van der Waals surface area contributed by atoms with Crippen molar-refractivity contribution in [2.24, 2.45) is 0 Å². The van der Waals surface area contributed by atoms with Crippen LogP contribution in [0.25, 0.3) is 0 Å². The number of hydrogen-bond donors (Lipinski definition) is 1. The number of thioether (sulfide) groups is 1. The van der Waals surface area contributed by atoms with Gasteiger partial charge in [-0.3, -0.25) is 0 Å². The summed E-state index contributed by atoms with van der Waals surface area (Å²) >= 11 is 7.95. The summed E-state index contributed by atoms with van der Waals surface area (Å²) in [6.45, 7) is 5.34. The Morgan fingerprint density at radius 1 is 1.47 bits per heavy atom. The van der Waals surface area contributed by atoms with Gasteiger partial charge >= 0.3 is 0 Å². The summed E-state index contributed by atoms with van der Waals surface area (Å²) in [6, 6.07) is 6.59. The van der Waals surface area contributed by atoms with E-state index in [0.717, 1.165) is 18.0 Å². The van der Waals surface area contributed by atoms with Crippen LogP contribution in [0.3, 0.4) is 0 Å². The Morgan fingerprint density at radius 2 is 2.20 bits per heavy atom. The van der Waals surface area contributed by atoms with Gasteiger partial charge < -0.3 is 5.32 Å². The van der Waals surface area contributed by atoms with E-state index in [1.807, 2.05) is 6.07 Å². The minimum atomic E-state index is 0.327. The van der Waals surface area contributed by atoms with Crippen LogP contribution in [0.15, 0.2) is 23.1 Å². The number of halogens is 1. The lowest BCUT2D eigenvalue weighted by molar-refractivity contribution is 0.570. The summed E-state index contributed by atoms with van der Waals surface area (Å²) in [5.41, 5.74) is 1.18. The van der Waals surface area contributed by atoms with E-state index in [1.165, 1.54) is 10.5 Å². The Labute approximate surface area is 102 Å². The fraction of sp³-hybridized carbons (Fsp3) is 0.500. The van der Waals surface area contributed by atoms with E-state index in [0.29, 0.717) is 6.04 Å². The molecule has 1 nitrogen and oxygen atoms in total. The van der Waals surface area contributed by atoms with Crippen LogP contribution in [0.4, 0.5) is 0 Å². The summed E-state index contributed by atoms with van der Waals surface area (Å²) in [7, 11) is 0. The van der Waals surface area contributed by atoms with Crippen molar-refractivity contribution >= 4 is 23.4 Å². The second-order valence-electron chi connectivity index (χ2n) is 3.56. The van der Waals surface area contributed by atoms with Crippen molar-refractivity contribution in [3.63, 3.8) is 0 Å². The minimum Gasteiger partial charge on any atom is -0.310 e. The Hall–Kier alpha value is -0.180. The molecule has 1 aromatic carbocycles. The van der Waals surface area contributed by atoms with Gasteiger partial charge in [-0.05, 0) is 43.8 Å². The molecule has 0 aromatic heterocycles. The van der Waals surface area contributed by atoms with Gasteiger partial charge in [0.05, 0.1) is 0 Å². The Morgan fingerprint density at radius 3 is 2.73 bits per heavy atom. The highest BCUT2D eigenvalue weighted by atomic mass is 35.5. The maximum Gasteiger partial charge on any atom is 0.0464 e. The smallest absolute Gasteiger partial charge is 0.0464 e. The second-order valence-corrected chi connectivity index (χ2v) is 4.85. The van der Waals surface area contributed by atoms with Crippen molar-refractivity contribution in [1.82, 2.24) is 5.32 Å². The third-order valence-corrected chi connectivity index (χ3v) is 3.43. The van der Waals surface area contributed by atoms with Crippen LogP contribution >= 0.6 is 23.4 Å². The van der Waals surface area contributed by atoms with Gasteiger partial charge in [0.2, 0.25) is 0 Å². The molecule has 0 saturated carbocycles. The van der Waals surface area contributed by atoms with E-state index in [1.54, 1.807) is 11.8 Å². The molecule has 3 heteroatoms. The van der Waals surface area contributed by atoms with E-state index in [4.69, 9.17) is 11.6 Å². The van der Waals surface area contributed by atoms with Gasteiger partial charge in [-0.15, -0.1) is 11.8 Å². The zero-order valence-corrected chi connectivity index (χ0v) is 11.1. The topological polar surface area (TPSA) is 12.0 Å². The Kier molecular flexibility index (Phi) is 5.51. The maximum atomic E-state index is 6.23. The van der Waals surface area contributed by atoms with Crippen molar-refractivity contribution in [1.29, 1.82) is 0 Å². The predicted octanol–water partition coefficient (Wildman–Crippen LogP) is 4.12. The van der Waals surface area contributed by atoms with Crippen molar-refractivity contribution in [3.05, 3.63) is 28.8 Å². The summed E-state index contributed by atoms with van der Waals surface area (Å²) < 4.78 is 0. The fourth-order valence-electron chi connectivity index (χ4n) is 1.46. The number of nitrogens with one attached hydrogen (secondary N) is 1. The van der Waals surface area contributed by atoms with Crippen LogP contribution in [0.1, 0.15) is 31.9 Å². The van der Waals surface area contributed by atoms with Crippen LogP contribution in [-0.2, 0) is 0 Å². The second kappa shape index (κ2) is 6.41. The minimum absolute atomic E-state index is 0.327. The van der Waals surface area contributed by atoms with Crippen LogP contribution < -0.4 is 5.32 Å². The first kappa shape index (κ1) is 12.9. The lowest BCUT2D eigenvalue weighted by Gasteiger charge is -2.15. The van der Waals surface area contributed by atoms with Crippen LogP contribution in [-0.4, -0.2) is 12.8 Å². The first-order valence-electron chi connectivity index (χ1n) is 5.25. The molecule has 0 saturated heterocycles. The molecule has 0 amide bonds. The Bertz CT molecular complexity index is 314. The predicted molar refractivity (Wildman–Crippen MR) is 69.9 cm³/mol. The van der Waals surface area contributed by atoms with Gasteiger partial charge in [0.25, 0.3) is 0 Å². The highest BCUT2D eigenvalue weighted by molar-refractivity contribution is 7.98. The van der Waals surface area contributed by atoms with Crippen LogP contribution in [0.2, 0.25) is 5.02 Å². The van der Waals surface area contributed by atoms with Crippen molar-refractivity contribution < 1.29 is 0 Å². The van der Waals surface area contributed by atoms with Gasteiger partial charge in [-0.2, -0.15) is 0 Å². The SMILES string of the molecule is CCCNC(C)c1ccc(SC)cc1Cl. The highest BCUT2D eigenvalue weighted by Gasteiger charge is 2.08. The van der Waals surface area contributed by atoms with E-state index in [9.17, 15) is 0 Å². The van der Waals surface area contributed by atoms with Gasteiger partial charge in [0.1, 0.15) is 0 Å². The average molecular weight is 244 g/mol. The molecule has 0 heterocycles. The van der Waals surface area contributed by atoms with Crippen molar-refractivity contribution in [2.45, 2.75) is 31.2 Å². The standard InChI is InChI=1S/C12H18ClNS/c1-4-7-14-9(2)11-6-5-10(15-3)8-12(11)13/h5-6,8-9,14H,4,7H2,1-3H3. The first-order valence-corrected chi connectivity index (χ1v) is 6.86. The molecule has 15 heavy (non-hydrogen) atoms. The normalized spacial score (nSPS) is 12.8. The van der Waals surface area contributed by atoms with Gasteiger partial charge in [-0.25, -0.2) is 0 Å². The van der Waals surface area contributed by atoms with Crippen molar-refractivity contribution in [3.8, 4) is 0 Å². The summed E-state index contributed by atoms with van der Waals surface area (Å²) in [6.07, 6.45) is 3.20. The number of rotatable bonds is 5. The summed E-state index contributed by atoms with van der Waals surface area (Å²) in [5.74, 6) is 0. The molecule has 0 aliphatic carbocycles. The molecule has 0 fully saturated rings. The monoisotopic (exact) mass is 243 g/mol. The number of hydrogen-bond acceptors (Lipinski definition) is 2. The largest absolute Gasteiger partial charge is 0.310 e. The molecule has 0 aliphatic rings. The summed E-state index contributed by atoms with van der Waals surface area (Å²) in [4.78, 5) is 1.21. The van der Waals surface area contributed by atoms with Crippen LogP contribution in [0, 0.1) is 0 Å². The third kappa shape index (κ3) is 3.71. The lowest BCUT2D eigenvalue weighted by Crippen LogP contribution is -2.19. The quantitative estimate of drug-likeness (QED) is 0.781. The molecule has 1 unspecified atom stereocenters. The molecular formula is C12H18ClNS. The zero-order chi connectivity index (χ0) is 11.3. The molecule has 1 atom stereocenters. The van der Waals surface area contributed by atoms with Gasteiger partial charge in [-0.1, -0.05) is 24.6 Å². The van der Waals surface area contributed by atoms with Gasteiger partial charge in [0, 0.05) is 16.0 Å². The van der Waals surface area contributed by atoms with Gasteiger partial charge in [0.15, 0.2) is 0 Å². The Balaban J connectivity index is 2.76. The third-order valence-electron chi connectivity index (χ3n) is 2.37. The average Bonchev–Trinajstić information content (AvgIpc) is 2.25. The zero-order valence-electron chi connectivity index (χ0n) is 9.51. The first-order chi connectivity index (χ1) is 7.19. The molecule has 0 bridgehead atoms. The molecule has 0 aliphatic heterocycles. The van der Waals surface area contributed by atoms with E-state index < -0.39 is 0 Å². The molecule has 1 rings (SSSR count). The molecular weight excluding hydrogens is 226 g/mol. The lowest BCUT2D eigenvalue weighted by atomic mass is 10.1. The molecule has 0 radical (unpaired) electrons. The van der Waals surface area contributed by atoms with E-state index in [-0.39, 0.29) is 0 Å². The van der Waals surface area contributed by atoms with E-state index >= 15 is 0 Å². The fourth-order valence-corrected chi connectivity index (χ4v) is 2.31. The molecule has 84 valence electrons. The van der Waals surface area contributed by atoms with Crippen LogP contribution in [0.5, 0.6) is 0 Å². The molecule has 0 spiro atoms. The molecule has 1 N–H and O–H groups in total. The molecule has 1 aromatic rings. The summed E-state index contributed by atoms with van der Waals surface area (Å²) in [5, 5.41) is 4.29. The van der Waals surface area contributed by atoms with E-state index in [2.05, 4.69) is 37.6 Å². The van der Waals surface area contributed by atoms with Crippen molar-refractivity contribution in [2.75, 3.05) is 12.8 Å².